The lowest BCUT2D eigenvalue weighted by Gasteiger charge is -2.38. The zero-order valence-corrected chi connectivity index (χ0v) is 18.3. The standard InChI is InChI=1S/C27H28N2O3/c1-32-23-13-11-20(12-14-23)19-28-25(30)15-16-26(31)29-18-17-21-7-5-6-10-24(21)27(29)22-8-3-2-4-9-22/h2-14,27H,15-19H2,1H3,(H,28,30)/t27-/m0/s1. The fraction of sp³-hybridized carbons (Fsp3) is 0.259. The average molecular weight is 429 g/mol. The van der Waals surface area contributed by atoms with Crippen molar-refractivity contribution in [3.8, 4) is 5.75 Å². The van der Waals surface area contributed by atoms with Gasteiger partial charge in [0.05, 0.1) is 13.2 Å². The quantitative estimate of drug-likeness (QED) is 0.612. The van der Waals surface area contributed by atoms with Crippen LogP contribution in [-0.2, 0) is 22.6 Å². The van der Waals surface area contributed by atoms with Crippen molar-refractivity contribution in [3.63, 3.8) is 0 Å². The summed E-state index contributed by atoms with van der Waals surface area (Å²) in [7, 11) is 1.62. The molecule has 1 atom stereocenters. The van der Waals surface area contributed by atoms with Gasteiger partial charge >= 0.3 is 0 Å². The van der Waals surface area contributed by atoms with Crippen molar-refractivity contribution in [2.24, 2.45) is 0 Å². The van der Waals surface area contributed by atoms with Crippen LogP contribution in [0.2, 0.25) is 0 Å². The highest BCUT2D eigenvalue weighted by Crippen LogP contribution is 2.35. The fourth-order valence-corrected chi connectivity index (χ4v) is 4.23. The minimum atomic E-state index is -0.122. The number of hydrogen-bond donors (Lipinski definition) is 1. The molecule has 5 nitrogen and oxygen atoms in total. The lowest BCUT2D eigenvalue weighted by molar-refractivity contribution is -0.135. The molecular weight excluding hydrogens is 400 g/mol. The summed E-state index contributed by atoms with van der Waals surface area (Å²) in [5.41, 5.74) is 4.53. The van der Waals surface area contributed by atoms with Gasteiger partial charge < -0.3 is 15.0 Å². The Hall–Kier alpha value is -3.60. The molecule has 0 unspecified atom stereocenters. The number of methoxy groups -OCH3 is 1. The van der Waals surface area contributed by atoms with Gasteiger partial charge in [0.2, 0.25) is 11.8 Å². The number of hydrogen-bond acceptors (Lipinski definition) is 3. The zero-order chi connectivity index (χ0) is 22.3. The lowest BCUT2D eigenvalue weighted by Crippen LogP contribution is -2.41. The first-order valence-electron chi connectivity index (χ1n) is 11.0. The van der Waals surface area contributed by atoms with Crippen LogP contribution in [0.4, 0.5) is 0 Å². The summed E-state index contributed by atoms with van der Waals surface area (Å²) in [6, 6.07) is 25.9. The maximum absolute atomic E-state index is 13.2. The molecule has 0 aliphatic carbocycles. The fourth-order valence-electron chi connectivity index (χ4n) is 4.23. The molecule has 0 saturated heterocycles. The minimum absolute atomic E-state index is 0.00736. The van der Waals surface area contributed by atoms with E-state index in [0.717, 1.165) is 23.3 Å². The Bertz CT molecular complexity index is 1060. The van der Waals surface area contributed by atoms with Crippen LogP contribution < -0.4 is 10.1 Å². The molecule has 1 aliphatic heterocycles. The van der Waals surface area contributed by atoms with Crippen molar-refractivity contribution >= 4 is 11.8 Å². The van der Waals surface area contributed by atoms with E-state index in [1.165, 1.54) is 11.1 Å². The van der Waals surface area contributed by atoms with Gasteiger partial charge in [-0.25, -0.2) is 0 Å². The molecule has 0 spiro atoms. The van der Waals surface area contributed by atoms with E-state index in [1.54, 1.807) is 7.11 Å². The molecule has 0 radical (unpaired) electrons. The van der Waals surface area contributed by atoms with Crippen molar-refractivity contribution in [1.82, 2.24) is 10.2 Å². The van der Waals surface area contributed by atoms with Gasteiger partial charge in [-0.2, -0.15) is 0 Å². The van der Waals surface area contributed by atoms with E-state index in [0.29, 0.717) is 13.1 Å². The van der Waals surface area contributed by atoms with E-state index >= 15 is 0 Å². The first-order chi connectivity index (χ1) is 15.7. The summed E-state index contributed by atoms with van der Waals surface area (Å²) < 4.78 is 5.15. The van der Waals surface area contributed by atoms with E-state index in [4.69, 9.17) is 4.74 Å². The summed E-state index contributed by atoms with van der Waals surface area (Å²) in [6.07, 6.45) is 1.20. The Morgan fingerprint density at radius 1 is 0.938 bits per heavy atom. The van der Waals surface area contributed by atoms with Crippen LogP contribution in [0.1, 0.15) is 41.1 Å². The number of nitrogens with zero attached hydrogens (tertiary/aromatic N) is 1. The molecule has 3 aromatic carbocycles. The highest BCUT2D eigenvalue weighted by molar-refractivity contribution is 5.84. The number of carbonyl (C=O) groups excluding carboxylic acids is 2. The predicted octanol–water partition coefficient (Wildman–Crippen LogP) is 4.27. The first kappa shape index (κ1) is 21.6. The minimum Gasteiger partial charge on any atom is -0.497 e. The summed E-state index contributed by atoms with van der Waals surface area (Å²) in [4.78, 5) is 27.5. The van der Waals surface area contributed by atoms with Crippen LogP contribution in [0.15, 0.2) is 78.9 Å². The number of rotatable bonds is 7. The monoisotopic (exact) mass is 428 g/mol. The molecule has 164 valence electrons. The van der Waals surface area contributed by atoms with Crippen molar-refractivity contribution in [2.75, 3.05) is 13.7 Å². The molecule has 1 aliphatic rings. The normalized spacial score (nSPS) is 15.0. The summed E-state index contributed by atoms with van der Waals surface area (Å²) in [5.74, 6) is 0.664. The molecule has 0 aromatic heterocycles. The smallest absolute Gasteiger partial charge is 0.223 e. The maximum atomic E-state index is 13.2. The van der Waals surface area contributed by atoms with Gasteiger partial charge in [-0.3, -0.25) is 9.59 Å². The molecule has 0 bridgehead atoms. The van der Waals surface area contributed by atoms with Crippen LogP contribution >= 0.6 is 0 Å². The van der Waals surface area contributed by atoms with E-state index < -0.39 is 0 Å². The van der Waals surface area contributed by atoms with Gasteiger partial charge in [0, 0.05) is 25.9 Å². The van der Waals surface area contributed by atoms with Gasteiger partial charge in [0.25, 0.3) is 0 Å². The van der Waals surface area contributed by atoms with E-state index in [-0.39, 0.29) is 30.7 Å². The first-order valence-corrected chi connectivity index (χ1v) is 11.0. The maximum Gasteiger partial charge on any atom is 0.223 e. The highest BCUT2D eigenvalue weighted by Gasteiger charge is 2.31. The molecule has 0 fully saturated rings. The molecule has 4 rings (SSSR count). The number of benzene rings is 3. The Kier molecular flexibility index (Phi) is 6.85. The second-order valence-electron chi connectivity index (χ2n) is 7.97. The van der Waals surface area contributed by atoms with E-state index in [1.807, 2.05) is 59.5 Å². The van der Waals surface area contributed by atoms with Crippen LogP contribution in [0.5, 0.6) is 5.75 Å². The Morgan fingerprint density at radius 3 is 2.41 bits per heavy atom. The molecule has 1 heterocycles. The predicted molar refractivity (Wildman–Crippen MR) is 124 cm³/mol. The summed E-state index contributed by atoms with van der Waals surface area (Å²) >= 11 is 0. The van der Waals surface area contributed by atoms with Crippen molar-refractivity contribution < 1.29 is 14.3 Å². The highest BCUT2D eigenvalue weighted by atomic mass is 16.5. The van der Waals surface area contributed by atoms with Gasteiger partial charge in [0.15, 0.2) is 0 Å². The molecule has 1 N–H and O–H groups in total. The van der Waals surface area contributed by atoms with Crippen molar-refractivity contribution in [1.29, 1.82) is 0 Å². The molecule has 32 heavy (non-hydrogen) atoms. The van der Waals surface area contributed by atoms with Crippen LogP contribution in [0, 0.1) is 0 Å². The number of fused-ring (bicyclic) bond motifs is 1. The summed E-state index contributed by atoms with van der Waals surface area (Å²) in [5, 5.41) is 2.90. The summed E-state index contributed by atoms with van der Waals surface area (Å²) in [6.45, 7) is 1.09. The SMILES string of the molecule is COc1ccc(CNC(=O)CCC(=O)N2CCc3ccccc3[C@@H]2c2ccccc2)cc1. The van der Waals surface area contributed by atoms with Gasteiger partial charge in [-0.1, -0.05) is 66.7 Å². The average Bonchev–Trinajstić information content (AvgIpc) is 2.86. The number of ether oxygens (including phenoxy) is 1. The third kappa shape index (κ3) is 4.99. The molecular formula is C27H28N2O3. The molecule has 2 amide bonds. The Labute approximate surface area is 189 Å². The van der Waals surface area contributed by atoms with Crippen LogP contribution in [0.3, 0.4) is 0 Å². The van der Waals surface area contributed by atoms with Crippen LogP contribution in [-0.4, -0.2) is 30.4 Å². The van der Waals surface area contributed by atoms with Crippen molar-refractivity contribution in [3.05, 3.63) is 101 Å². The molecule has 5 heteroatoms. The second-order valence-corrected chi connectivity index (χ2v) is 7.97. The largest absolute Gasteiger partial charge is 0.497 e. The van der Waals surface area contributed by atoms with E-state index in [2.05, 4.69) is 29.6 Å². The Balaban J connectivity index is 1.39. The number of nitrogens with one attached hydrogen (secondary N) is 1. The third-order valence-electron chi connectivity index (χ3n) is 5.93. The van der Waals surface area contributed by atoms with Crippen molar-refractivity contribution in [2.45, 2.75) is 31.8 Å². The topological polar surface area (TPSA) is 58.6 Å². The van der Waals surface area contributed by atoms with Gasteiger partial charge in [0.1, 0.15) is 5.75 Å². The zero-order valence-electron chi connectivity index (χ0n) is 18.3. The van der Waals surface area contributed by atoms with Gasteiger partial charge in [-0.05, 0) is 40.8 Å². The van der Waals surface area contributed by atoms with E-state index in [9.17, 15) is 9.59 Å². The number of amides is 2. The third-order valence-corrected chi connectivity index (χ3v) is 5.93. The lowest BCUT2D eigenvalue weighted by atomic mass is 9.88. The molecule has 0 saturated carbocycles. The molecule has 3 aromatic rings. The van der Waals surface area contributed by atoms with Gasteiger partial charge in [-0.15, -0.1) is 0 Å². The number of carbonyl (C=O) groups is 2. The van der Waals surface area contributed by atoms with Crippen LogP contribution in [0.25, 0.3) is 0 Å². The second kappa shape index (κ2) is 10.1. The Morgan fingerprint density at radius 2 is 1.66 bits per heavy atom.